The van der Waals surface area contributed by atoms with Crippen LogP contribution in [0.4, 0.5) is 0 Å². The molecular formula is C13H13N3OS2. The molecule has 0 aromatic carbocycles. The molecule has 0 fully saturated rings. The Kier molecular flexibility index (Phi) is 4.02. The molecule has 3 rings (SSSR count). The van der Waals surface area contributed by atoms with Crippen molar-refractivity contribution in [1.82, 2.24) is 15.5 Å². The normalized spacial score (nSPS) is 12.6. The lowest BCUT2D eigenvalue weighted by atomic mass is 10.1. The summed E-state index contributed by atoms with van der Waals surface area (Å²) in [5.74, 6) is 0.688. The molecule has 0 saturated carbocycles. The first-order valence-corrected chi connectivity index (χ1v) is 7.72. The van der Waals surface area contributed by atoms with Crippen molar-refractivity contribution in [2.75, 3.05) is 0 Å². The first-order chi connectivity index (χ1) is 9.42. The van der Waals surface area contributed by atoms with Gasteiger partial charge in [-0.2, -0.15) is 4.98 Å². The van der Waals surface area contributed by atoms with E-state index in [9.17, 15) is 0 Å². The highest BCUT2D eigenvalue weighted by atomic mass is 32.1. The van der Waals surface area contributed by atoms with Crippen molar-refractivity contribution >= 4 is 22.7 Å². The van der Waals surface area contributed by atoms with Crippen LogP contribution in [0.2, 0.25) is 0 Å². The average Bonchev–Trinajstić information content (AvgIpc) is 3.15. The molecule has 1 N–H and O–H groups in total. The largest absolute Gasteiger partial charge is 0.343 e. The molecule has 1 atom stereocenters. The summed E-state index contributed by atoms with van der Waals surface area (Å²) in [5.41, 5.74) is 0. The van der Waals surface area contributed by atoms with Crippen molar-refractivity contribution in [3.8, 4) is 0 Å². The molecule has 0 aliphatic carbocycles. The summed E-state index contributed by atoms with van der Waals surface area (Å²) in [6.45, 7) is 0.616. The molecule has 0 aliphatic rings. The van der Waals surface area contributed by atoms with E-state index in [0.717, 1.165) is 6.42 Å². The zero-order valence-corrected chi connectivity index (χ0v) is 11.8. The molecule has 0 radical (unpaired) electrons. The van der Waals surface area contributed by atoms with E-state index >= 15 is 0 Å². The van der Waals surface area contributed by atoms with E-state index in [1.807, 2.05) is 0 Å². The lowest BCUT2D eigenvalue weighted by Gasteiger charge is -2.15. The summed E-state index contributed by atoms with van der Waals surface area (Å²) in [5, 5.41) is 11.5. The van der Waals surface area contributed by atoms with E-state index in [0.29, 0.717) is 12.4 Å². The van der Waals surface area contributed by atoms with E-state index in [1.54, 1.807) is 22.7 Å². The van der Waals surface area contributed by atoms with Gasteiger partial charge in [0.15, 0.2) is 5.82 Å². The molecule has 3 aromatic rings. The highest BCUT2D eigenvalue weighted by Crippen LogP contribution is 2.25. The van der Waals surface area contributed by atoms with Crippen LogP contribution in [0.1, 0.15) is 21.6 Å². The van der Waals surface area contributed by atoms with Gasteiger partial charge in [0.05, 0.1) is 6.54 Å². The second-order valence-electron chi connectivity index (χ2n) is 4.08. The van der Waals surface area contributed by atoms with Crippen LogP contribution in [0.25, 0.3) is 0 Å². The summed E-state index contributed by atoms with van der Waals surface area (Å²) in [6, 6.07) is 8.78. The fraction of sp³-hybridized carbons (Fsp3) is 0.231. The van der Waals surface area contributed by atoms with Gasteiger partial charge in [0.2, 0.25) is 6.39 Å². The Morgan fingerprint density at radius 2 is 2.11 bits per heavy atom. The van der Waals surface area contributed by atoms with Gasteiger partial charge in [-0.05, 0) is 22.9 Å². The smallest absolute Gasteiger partial charge is 0.213 e. The maximum Gasteiger partial charge on any atom is 0.213 e. The van der Waals surface area contributed by atoms with E-state index < -0.39 is 0 Å². The average molecular weight is 291 g/mol. The van der Waals surface area contributed by atoms with Gasteiger partial charge in [0.1, 0.15) is 0 Å². The van der Waals surface area contributed by atoms with Gasteiger partial charge in [0.25, 0.3) is 0 Å². The predicted octanol–water partition coefficient (Wildman–Crippen LogP) is 3.27. The number of nitrogens with zero attached hydrogens (tertiary/aromatic N) is 2. The van der Waals surface area contributed by atoms with Gasteiger partial charge < -0.3 is 9.84 Å². The van der Waals surface area contributed by atoms with Gasteiger partial charge >= 0.3 is 0 Å². The number of aromatic nitrogens is 2. The topological polar surface area (TPSA) is 51.0 Å². The van der Waals surface area contributed by atoms with Gasteiger partial charge in [0, 0.05) is 22.2 Å². The Balaban J connectivity index is 1.69. The first kappa shape index (κ1) is 12.5. The second-order valence-corrected chi connectivity index (χ2v) is 6.09. The zero-order valence-electron chi connectivity index (χ0n) is 10.2. The molecule has 0 spiro atoms. The van der Waals surface area contributed by atoms with Crippen LogP contribution < -0.4 is 5.32 Å². The summed E-state index contributed by atoms with van der Waals surface area (Å²) < 4.78 is 4.75. The highest BCUT2D eigenvalue weighted by molar-refractivity contribution is 7.10. The minimum atomic E-state index is 0.289. The van der Waals surface area contributed by atoms with Crippen LogP contribution in [0.3, 0.4) is 0 Å². The number of hydrogen-bond acceptors (Lipinski definition) is 6. The van der Waals surface area contributed by atoms with Crippen LogP contribution in [-0.4, -0.2) is 10.1 Å². The Labute approximate surface area is 119 Å². The number of nitrogens with one attached hydrogen (secondary N) is 1. The minimum absolute atomic E-state index is 0.289. The fourth-order valence-corrected chi connectivity index (χ4v) is 3.43. The molecule has 4 nitrogen and oxygen atoms in total. The molecule has 3 heterocycles. The summed E-state index contributed by atoms with van der Waals surface area (Å²) in [4.78, 5) is 6.74. The molecule has 0 amide bonds. The summed E-state index contributed by atoms with van der Waals surface area (Å²) in [6.07, 6.45) is 2.34. The van der Waals surface area contributed by atoms with Gasteiger partial charge in [-0.1, -0.05) is 17.3 Å². The van der Waals surface area contributed by atoms with E-state index in [4.69, 9.17) is 4.52 Å². The SMILES string of the molecule is c1csc(CC(NCc2ncon2)c2cccs2)c1. The zero-order chi connectivity index (χ0) is 12.9. The molecule has 3 aromatic heterocycles. The van der Waals surface area contributed by atoms with Crippen LogP contribution in [0.5, 0.6) is 0 Å². The van der Waals surface area contributed by atoms with Gasteiger partial charge in [-0.3, -0.25) is 0 Å². The molecule has 6 heteroatoms. The number of hydrogen-bond donors (Lipinski definition) is 1. The lowest BCUT2D eigenvalue weighted by Crippen LogP contribution is -2.22. The summed E-state index contributed by atoms with van der Waals surface area (Å²) in [7, 11) is 0. The van der Waals surface area contributed by atoms with Crippen molar-refractivity contribution in [3.05, 3.63) is 57.0 Å². The van der Waals surface area contributed by atoms with Crippen LogP contribution in [-0.2, 0) is 13.0 Å². The maximum absolute atomic E-state index is 4.75. The van der Waals surface area contributed by atoms with E-state index in [2.05, 4.69) is 50.5 Å². The van der Waals surface area contributed by atoms with Crippen molar-refractivity contribution in [1.29, 1.82) is 0 Å². The molecule has 0 aliphatic heterocycles. The van der Waals surface area contributed by atoms with Crippen molar-refractivity contribution in [3.63, 3.8) is 0 Å². The Morgan fingerprint density at radius 3 is 2.79 bits per heavy atom. The quantitative estimate of drug-likeness (QED) is 0.757. The first-order valence-electron chi connectivity index (χ1n) is 5.96. The van der Waals surface area contributed by atoms with Crippen molar-refractivity contribution in [2.45, 2.75) is 19.0 Å². The molecule has 98 valence electrons. The highest BCUT2D eigenvalue weighted by Gasteiger charge is 2.14. The monoisotopic (exact) mass is 291 g/mol. The third-order valence-corrected chi connectivity index (χ3v) is 4.67. The standard InChI is InChI=1S/C13H13N3OS2/c1-3-10(18-5-1)7-11(12-4-2-6-19-12)14-8-13-15-9-17-16-13/h1-6,9,11,14H,7-8H2. The number of rotatable bonds is 6. The predicted molar refractivity (Wildman–Crippen MR) is 76.2 cm³/mol. The molecule has 19 heavy (non-hydrogen) atoms. The van der Waals surface area contributed by atoms with E-state index in [-0.39, 0.29) is 6.04 Å². The van der Waals surface area contributed by atoms with Crippen molar-refractivity contribution < 1.29 is 4.52 Å². The number of thiophene rings is 2. The fourth-order valence-electron chi connectivity index (χ4n) is 1.88. The summed E-state index contributed by atoms with van der Waals surface area (Å²) >= 11 is 3.55. The third kappa shape index (κ3) is 3.28. The molecule has 0 saturated heterocycles. The van der Waals surface area contributed by atoms with Crippen molar-refractivity contribution in [2.24, 2.45) is 0 Å². The maximum atomic E-state index is 4.75. The Hall–Kier alpha value is -1.50. The van der Waals surface area contributed by atoms with E-state index in [1.165, 1.54) is 16.1 Å². The van der Waals surface area contributed by atoms with Crippen LogP contribution in [0.15, 0.2) is 45.9 Å². The molecule has 1 unspecified atom stereocenters. The van der Waals surface area contributed by atoms with Crippen LogP contribution in [0, 0.1) is 0 Å². The molecule has 0 bridgehead atoms. The Bertz CT molecular complexity index is 575. The molecular weight excluding hydrogens is 278 g/mol. The van der Waals surface area contributed by atoms with Crippen LogP contribution >= 0.6 is 22.7 Å². The van der Waals surface area contributed by atoms with Gasteiger partial charge in [-0.15, -0.1) is 22.7 Å². The second kappa shape index (κ2) is 6.10. The Morgan fingerprint density at radius 1 is 1.21 bits per heavy atom. The lowest BCUT2D eigenvalue weighted by molar-refractivity contribution is 0.404. The third-order valence-electron chi connectivity index (χ3n) is 2.79. The minimum Gasteiger partial charge on any atom is -0.343 e. The van der Waals surface area contributed by atoms with Gasteiger partial charge in [-0.25, -0.2) is 0 Å².